The molecule has 2 heterocycles. The molecule has 1 aromatic heterocycles. The van der Waals surface area contributed by atoms with Crippen molar-refractivity contribution >= 4 is 11.5 Å². The minimum Gasteiger partial charge on any atom is -0.397 e. The SMILES string of the molecule is Cc1cc(N2CCC3(CCCC3)C2)ncc1N. The van der Waals surface area contributed by atoms with E-state index in [0.717, 1.165) is 23.6 Å². The van der Waals surface area contributed by atoms with Crippen molar-refractivity contribution in [1.82, 2.24) is 4.98 Å². The van der Waals surface area contributed by atoms with E-state index >= 15 is 0 Å². The molecule has 2 fully saturated rings. The Bertz CT molecular complexity index is 421. The lowest BCUT2D eigenvalue weighted by Crippen LogP contribution is -2.25. The van der Waals surface area contributed by atoms with Crippen molar-refractivity contribution in [2.75, 3.05) is 23.7 Å². The Morgan fingerprint density at radius 2 is 2.06 bits per heavy atom. The van der Waals surface area contributed by atoms with E-state index in [1.807, 2.05) is 0 Å². The molecule has 3 heteroatoms. The molecule has 0 atom stereocenters. The molecule has 1 aromatic rings. The topological polar surface area (TPSA) is 42.2 Å². The predicted molar refractivity (Wildman–Crippen MR) is 71.1 cm³/mol. The van der Waals surface area contributed by atoms with Crippen LogP contribution in [0, 0.1) is 12.3 Å². The summed E-state index contributed by atoms with van der Waals surface area (Å²) in [5.74, 6) is 1.11. The summed E-state index contributed by atoms with van der Waals surface area (Å²) < 4.78 is 0. The predicted octanol–water partition coefficient (Wildman–Crippen LogP) is 2.74. The Kier molecular flexibility index (Phi) is 2.49. The van der Waals surface area contributed by atoms with Crippen LogP contribution in [0.15, 0.2) is 12.3 Å². The summed E-state index contributed by atoms with van der Waals surface area (Å²) in [5, 5.41) is 0. The molecule has 0 amide bonds. The molecule has 2 aliphatic rings. The smallest absolute Gasteiger partial charge is 0.128 e. The number of hydrogen-bond donors (Lipinski definition) is 1. The Morgan fingerprint density at radius 1 is 1.29 bits per heavy atom. The average molecular weight is 231 g/mol. The van der Waals surface area contributed by atoms with Crippen LogP contribution >= 0.6 is 0 Å². The van der Waals surface area contributed by atoms with Gasteiger partial charge in [-0.15, -0.1) is 0 Å². The Hall–Kier alpha value is -1.25. The summed E-state index contributed by atoms with van der Waals surface area (Å²) in [5.41, 5.74) is 8.37. The first-order valence-electron chi connectivity index (χ1n) is 6.66. The first kappa shape index (κ1) is 10.9. The molecule has 0 aromatic carbocycles. The zero-order valence-electron chi connectivity index (χ0n) is 10.6. The van der Waals surface area contributed by atoms with Gasteiger partial charge in [0.05, 0.1) is 11.9 Å². The van der Waals surface area contributed by atoms with Gasteiger partial charge in [-0.3, -0.25) is 0 Å². The van der Waals surface area contributed by atoms with E-state index in [-0.39, 0.29) is 0 Å². The quantitative estimate of drug-likeness (QED) is 0.808. The summed E-state index contributed by atoms with van der Waals surface area (Å²) in [6.45, 7) is 4.42. The molecule has 0 bridgehead atoms. The van der Waals surface area contributed by atoms with E-state index in [9.17, 15) is 0 Å². The van der Waals surface area contributed by atoms with Gasteiger partial charge in [-0.2, -0.15) is 0 Å². The number of rotatable bonds is 1. The van der Waals surface area contributed by atoms with Gasteiger partial charge in [0.1, 0.15) is 5.82 Å². The molecule has 1 aliphatic carbocycles. The Labute approximate surface area is 103 Å². The van der Waals surface area contributed by atoms with E-state index in [0.29, 0.717) is 5.41 Å². The van der Waals surface area contributed by atoms with Crippen molar-refractivity contribution in [3.63, 3.8) is 0 Å². The van der Waals surface area contributed by atoms with Gasteiger partial charge in [0.2, 0.25) is 0 Å². The monoisotopic (exact) mass is 231 g/mol. The van der Waals surface area contributed by atoms with Crippen LogP contribution in [0.3, 0.4) is 0 Å². The van der Waals surface area contributed by atoms with Gasteiger partial charge in [-0.25, -0.2) is 4.98 Å². The van der Waals surface area contributed by atoms with Crippen LogP contribution in [-0.4, -0.2) is 18.1 Å². The molecular formula is C14H21N3. The van der Waals surface area contributed by atoms with Gasteiger partial charge >= 0.3 is 0 Å². The number of aromatic nitrogens is 1. The third kappa shape index (κ3) is 1.88. The van der Waals surface area contributed by atoms with E-state index < -0.39 is 0 Å². The average Bonchev–Trinajstić information content (AvgIpc) is 2.94. The van der Waals surface area contributed by atoms with Crippen molar-refractivity contribution in [2.45, 2.75) is 39.0 Å². The molecule has 0 unspecified atom stereocenters. The molecule has 3 nitrogen and oxygen atoms in total. The molecule has 3 rings (SSSR count). The number of aryl methyl sites for hydroxylation is 1. The second-order valence-corrected chi connectivity index (χ2v) is 5.78. The summed E-state index contributed by atoms with van der Waals surface area (Å²) >= 11 is 0. The summed E-state index contributed by atoms with van der Waals surface area (Å²) in [6, 6.07) is 2.13. The lowest BCUT2D eigenvalue weighted by atomic mass is 9.86. The first-order chi connectivity index (χ1) is 8.19. The molecule has 92 valence electrons. The number of nitrogen functional groups attached to an aromatic ring is 1. The van der Waals surface area contributed by atoms with Gasteiger partial charge in [-0.1, -0.05) is 12.8 Å². The van der Waals surface area contributed by atoms with E-state index in [1.165, 1.54) is 38.6 Å². The second kappa shape index (κ2) is 3.90. The fourth-order valence-corrected chi connectivity index (χ4v) is 3.39. The fraction of sp³-hybridized carbons (Fsp3) is 0.643. The van der Waals surface area contributed by atoms with Crippen molar-refractivity contribution < 1.29 is 0 Å². The Balaban J connectivity index is 1.79. The van der Waals surface area contributed by atoms with E-state index in [2.05, 4.69) is 22.9 Å². The minimum absolute atomic E-state index is 0.608. The summed E-state index contributed by atoms with van der Waals surface area (Å²) in [6.07, 6.45) is 8.81. The zero-order chi connectivity index (χ0) is 11.9. The largest absolute Gasteiger partial charge is 0.397 e. The van der Waals surface area contributed by atoms with Gasteiger partial charge in [0.25, 0.3) is 0 Å². The first-order valence-corrected chi connectivity index (χ1v) is 6.66. The minimum atomic E-state index is 0.608. The molecule has 1 saturated carbocycles. The van der Waals surface area contributed by atoms with Crippen LogP contribution in [0.25, 0.3) is 0 Å². The normalized spacial score (nSPS) is 22.5. The molecule has 17 heavy (non-hydrogen) atoms. The van der Waals surface area contributed by atoms with Gasteiger partial charge in [0, 0.05) is 13.1 Å². The summed E-state index contributed by atoms with van der Waals surface area (Å²) in [4.78, 5) is 6.92. The lowest BCUT2D eigenvalue weighted by Gasteiger charge is -2.24. The third-order valence-corrected chi connectivity index (χ3v) is 4.56. The standard InChI is InChI=1S/C14H21N3/c1-11-8-13(16-9-12(11)15)17-7-6-14(10-17)4-2-3-5-14/h8-9H,2-7,10,15H2,1H3. The molecule has 2 N–H and O–H groups in total. The number of pyridine rings is 1. The number of nitrogens with zero attached hydrogens (tertiary/aromatic N) is 2. The fourth-order valence-electron chi connectivity index (χ4n) is 3.39. The van der Waals surface area contributed by atoms with E-state index in [4.69, 9.17) is 5.73 Å². The third-order valence-electron chi connectivity index (χ3n) is 4.56. The van der Waals surface area contributed by atoms with Crippen LogP contribution in [0.5, 0.6) is 0 Å². The van der Waals surface area contributed by atoms with Crippen molar-refractivity contribution in [2.24, 2.45) is 5.41 Å². The number of hydrogen-bond acceptors (Lipinski definition) is 3. The van der Waals surface area contributed by atoms with Crippen LogP contribution < -0.4 is 10.6 Å². The highest BCUT2D eigenvalue weighted by molar-refractivity contribution is 5.52. The molecular weight excluding hydrogens is 210 g/mol. The van der Waals surface area contributed by atoms with Crippen molar-refractivity contribution in [3.05, 3.63) is 17.8 Å². The van der Waals surface area contributed by atoms with Crippen LogP contribution in [-0.2, 0) is 0 Å². The molecule has 1 spiro atoms. The number of nitrogens with two attached hydrogens (primary N) is 1. The molecule has 1 saturated heterocycles. The number of anilines is 2. The molecule has 0 radical (unpaired) electrons. The summed E-state index contributed by atoms with van der Waals surface area (Å²) in [7, 11) is 0. The lowest BCUT2D eigenvalue weighted by molar-refractivity contribution is 0.340. The maximum atomic E-state index is 5.82. The highest BCUT2D eigenvalue weighted by Crippen LogP contribution is 2.46. The second-order valence-electron chi connectivity index (χ2n) is 5.78. The van der Waals surface area contributed by atoms with Gasteiger partial charge in [-0.05, 0) is 43.2 Å². The highest BCUT2D eigenvalue weighted by Gasteiger charge is 2.40. The van der Waals surface area contributed by atoms with Crippen molar-refractivity contribution in [3.8, 4) is 0 Å². The maximum absolute atomic E-state index is 5.82. The maximum Gasteiger partial charge on any atom is 0.128 e. The molecule has 1 aliphatic heterocycles. The Morgan fingerprint density at radius 3 is 2.76 bits per heavy atom. The van der Waals surface area contributed by atoms with Crippen LogP contribution in [0.2, 0.25) is 0 Å². The van der Waals surface area contributed by atoms with E-state index in [1.54, 1.807) is 6.20 Å². The zero-order valence-corrected chi connectivity index (χ0v) is 10.6. The van der Waals surface area contributed by atoms with Gasteiger partial charge < -0.3 is 10.6 Å². The van der Waals surface area contributed by atoms with Crippen molar-refractivity contribution in [1.29, 1.82) is 0 Å². The van der Waals surface area contributed by atoms with Crippen LogP contribution in [0.1, 0.15) is 37.7 Å². The van der Waals surface area contributed by atoms with Crippen LogP contribution in [0.4, 0.5) is 11.5 Å². The van der Waals surface area contributed by atoms with Gasteiger partial charge in [0.15, 0.2) is 0 Å². The highest BCUT2D eigenvalue weighted by atomic mass is 15.2.